The molecule has 2 fully saturated rings. The van der Waals surface area contributed by atoms with Crippen molar-refractivity contribution in [3.8, 4) is 0 Å². The zero-order valence-electron chi connectivity index (χ0n) is 13.3. The fourth-order valence-corrected chi connectivity index (χ4v) is 3.15. The van der Waals surface area contributed by atoms with Crippen LogP contribution >= 0.6 is 0 Å². The maximum Gasteiger partial charge on any atom is 0.256 e. The quantitative estimate of drug-likeness (QED) is 0.826. The molecule has 2 heterocycles. The van der Waals surface area contributed by atoms with E-state index >= 15 is 0 Å². The first-order valence-electron chi connectivity index (χ1n) is 8.21. The fraction of sp³-hybridized carbons (Fsp3) is 0.529. The van der Waals surface area contributed by atoms with E-state index in [4.69, 9.17) is 4.74 Å². The highest BCUT2D eigenvalue weighted by Crippen LogP contribution is 2.18. The average molecular weight is 338 g/mol. The standard InChI is InChI=1S/C17H20F2N2O3/c18-12-4-5-13(14(19)11-12)16(22)20-6-2-7-21(9-8-20)17(23)15-3-1-10-24-15/h4-5,11,15H,1-3,6-10H2. The van der Waals surface area contributed by atoms with Crippen molar-refractivity contribution in [3.63, 3.8) is 0 Å². The Labute approximate surface area is 139 Å². The maximum absolute atomic E-state index is 13.8. The van der Waals surface area contributed by atoms with Gasteiger partial charge < -0.3 is 14.5 Å². The lowest BCUT2D eigenvalue weighted by Crippen LogP contribution is -2.42. The predicted molar refractivity (Wildman–Crippen MR) is 82.4 cm³/mol. The molecule has 1 aromatic rings. The SMILES string of the molecule is O=C(c1ccc(F)cc1F)N1CCCN(C(=O)C2CCCO2)CC1. The number of carbonyl (C=O) groups is 2. The van der Waals surface area contributed by atoms with Crippen LogP contribution < -0.4 is 0 Å². The number of benzene rings is 1. The van der Waals surface area contributed by atoms with Gasteiger partial charge in [0.2, 0.25) is 0 Å². The molecule has 0 saturated carbocycles. The third-order valence-corrected chi connectivity index (χ3v) is 4.46. The Balaban J connectivity index is 1.64. The van der Waals surface area contributed by atoms with Crippen molar-refractivity contribution >= 4 is 11.8 Å². The Morgan fingerprint density at radius 2 is 1.79 bits per heavy atom. The van der Waals surface area contributed by atoms with Crippen LogP contribution in [-0.2, 0) is 9.53 Å². The van der Waals surface area contributed by atoms with Gasteiger partial charge in [-0.25, -0.2) is 8.78 Å². The molecule has 5 nitrogen and oxygen atoms in total. The van der Waals surface area contributed by atoms with E-state index in [-0.39, 0.29) is 17.6 Å². The summed E-state index contributed by atoms with van der Waals surface area (Å²) in [7, 11) is 0. The largest absolute Gasteiger partial charge is 0.368 e. The molecule has 24 heavy (non-hydrogen) atoms. The van der Waals surface area contributed by atoms with Crippen LogP contribution in [0.2, 0.25) is 0 Å². The zero-order chi connectivity index (χ0) is 17.1. The molecular formula is C17H20F2N2O3. The van der Waals surface area contributed by atoms with Gasteiger partial charge in [-0.2, -0.15) is 0 Å². The van der Waals surface area contributed by atoms with Crippen LogP contribution in [0.25, 0.3) is 0 Å². The molecule has 0 bridgehead atoms. The Bertz CT molecular complexity index is 632. The molecule has 2 aliphatic rings. The molecule has 2 amide bonds. The van der Waals surface area contributed by atoms with E-state index in [1.165, 1.54) is 4.90 Å². The molecular weight excluding hydrogens is 318 g/mol. The predicted octanol–water partition coefficient (Wildman–Crippen LogP) is 1.82. The van der Waals surface area contributed by atoms with E-state index in [1.807, 2.05) is 0 Å². The van der Waals surface area contributed by atoms with Crippen LogP contribution in [0, 0.1) is 11.6 Å². The van der Waals surface area contributed by atoms with Gasteiger partial charge in [0.15, 0.2) is 0 Å². The second kappa shape index (κ2) is 7.25. The lowest BCUT2D eigenvalue weighted by Gasteiger charge is -2.24. The summed E-state index contributed by atoms with van der Waals surface area (Å²) in [5, 5.41) is 0. The van der Waals surface area contributed by atoms with Crippen LogP contribution in [0.3, 0.4) is 0 Å². The molecule has 3 rings (SSSR count). The van der Waals surface area contributed by atoms with E-state index in [0.717, 1.165) is 25.0 Å². The minimum absolute atomic E-state index is 0.0326. The summed E-state index contributed by atoms with van der Waals surface area (Å²) >= 11 is 0. The van der Waals surface area contributed by atoms with Gasteiger partial charge in [0, 0.05) is 38.9 Å². The number of halogens is 2. The van der Waals surface area contributed by atoms with Crippen molar-refractivity contribution < 1.29 is 23.1 Å². The van der Waals surface area contributed by atoms with Crippen LogP contribution in [0.1, 0.15) is 29.6 Å². The first-order chi connectivity index (χ1) is 11.6. The van der Waals surface area contributed by atoms with Crippen LogP contribution in [0.4, 0.5) is 8.78 Å². The van der Waals surface area contributed by atoms with Gasteiger partial charge in [0.05, 0.1) is 5.56 Å². The van der Waals surface area contributed by atoms with E-state index in [1.54, 1.807) is 4.90 Å². The highest BCUT2D eigenvalue weighted by atomic mass is 19.1. The van der Waals surface area contributed by atoms with Gasteiger partial charge in [-0.3, -0.25) is 9.59 Å². The molecule has 0 N–H and O–H groups in total. The summed E-state index contributed by atoms with van der Waals surface area (Å²) < 4.78 is 32.2. The van der Waals surface area contributed by atoms with Gasteiger partial charge in [-0.1, -0.05) is 0 Å². The third-order valence-electron chi connectivity index (χ3n) is 4.46. The van der Waals surface area contributed by atoms with Crippen LogP contribution in [0.5, 0.6) is 0 Å². The highest BCUT2D eigenvalue weighted by Gasteiger charge is 2.30. The summed E-state index contributed by atoms with van der Waals surface area (Å²) in [4.78, 5) is 28.1. The van der Waals surface area contributed by atoms with Gasteiger partial charge in [0.25, 0.3) is 11.8 Å². The molecule has 1 atom stereocenters. The molecule has 2 aliphatic heterocycles. The first-order valence-corrected chi connectivity index (χ1v) is 8.21. The lowest BCUT2D eigenvalue weighted by atomic mass is 10.1. The lowest BCUT2D eigenvalue weighted by molar-refractivity contribution is -0.140. The number of rotatable bonds is 2. The minimum atomic E-state index is -0.864. The van der Waals surface area contributed by atoms with Crippen molar-refractivity contribution in [1.29, 1.82) is 0 Å². The number of carbonyl (C=O) groups excluding carboxylic acids is 2. The Morgan fingerprint density at radius 1 is 1.04 bits per heavy atom. The average Bonchev–Trinajstić information content (AvgIpc) is 2.98. The van der Waals surface area contributed by atoms with E-state index in [9.17, 15) is 18.4 Å². The molecule has 7 heteroatoms. The monoisotopic (exact) mass is 338 g/mol. The summed E-state index contributed by atoms with van der Waals surface area (Å²) in [6.45, 7) is 2.32. The summed E-state index contributed by atoms with van der Waals surface area (Å²) in [5.41, 5.74) is -0.143. The Kier molecular flexibility index (Phi) is 5.08. The van der Waals surface area contributed by atoms with Gasteiger partial charge in [0.1, 0.15) is 17.7 Å². The number of nitrogens with zero attached hydrogens (tertiary/aromatic N) is 2. The van der Waals surface area contributed by atoms with E-state index < -0.39 is 17.5 Å². The summed E-state index contributed by atoms with van der Waals surface area (Å²) in [5.74, 6) is -2.08. The molecule has 0 spiro atoms. The number of hydrogen-bond donors (Lipinski definition) is 0. The van der Waals surface area contributed by atoms with Crippen molar-refractivity contribution in [3.05, 3.63) is 35.4 Å². The maximum atomic E-state index is 13.8. The first kappa shape index (κ1) is 16.8. The van der Waals surface area contributed by atoms with Crippen molar-refractivity contribution in [2.24, 2.45) is 0 Å². The minimum Gasteiger partial charge on any atom is -0.368 e. The number of hydrogen-bond acceptors (Lipinski definition) is 3. The normalized spacial score (nSPS) is 21.7. The number of amides is 2. The Morgan fingerprint density at radius 3 is 2.50 bits per heavy atom. The van der Waals surface area contributed by atoms with Gasteiger partial charge in [-0.15, -0.1) is 0 Å². The fourth-order valence-electron chi connectivity index (χ4n) is 3.15. The highest BCUT2D eigenvalue weighted by molar-refractivity contribution is 5.94. The van der Waals surface area contributed by atoms with Gasteiger partial charge >= 0.3 is 0 Å². The second-order valence-corrected chi connectivity index (χ2v) is 6.10. The molecule has 2 saturated heterocycles. The summed E-state index contributed by atoms with van der Waals surface area (Å²) in [6, 6.07) is 2.94. The topological polar surface area (TPSA) is 49.9 Å². The molecule has 0 radical (unpaired) electrons. The van der Waals surface area contributed by atoms with Gasteiger partial charge in [-0.05, 0) is 31.4 Å². The smallest absolute Gasteiger partial charge is 0.256 e. The molecule has 0 aliphatic carbocycles. The van der Waals surface area contributed by atoms with E-state index in [0.29, 0.717) is 45.3 Å². The molecule has 1 unspecified atom stereocenters. The third kappa shape index (κ3) is 3.56. The van der Waals surface area contributed by atoms with Crippen molar-refractivity contribution in [2.45, 2.75) is 25.4 Å². The number of ether oxygens (including phenoxy) is 1. The Hall–Kier alpha value is -2.02. The molecule has 130 valence electrons. The zero-order valence-corrected chi connectivity index (χ0v) is 13.3. The van der Waals surface area contributed by atoms with Crippen molar-refractivity contribution in [1.82, 2.24) is 9.80 Å². The van der Waals surface area contributed by atoms with Crippen molar-refractivity contribution in [2.75, 3.05) is 32.8 Å². The molecule has 0 aromatic heterocycles. The summed E-state index contributed by atoms with van der Waals surface area (Å²) in [6.07, 6.45) is 1.87. The van der Waals surface area contributed by atoms with Crippen LogP contribution in [-0.4, -0.2) is 60.5 Å². The second-order valence-electron chi connectivity index (χ2n) is 6.10. The van der Waals surface area contributed by atoms with Crippen LogP contribution in [0.15, 0.2) is 18.2 Å². The van der Waals surface area contributed by atoms with E-state index in [2.05, 4.69) is 0 Å². The molecule has 1 aromatic carbocycles.